The van der Waals surface area contributed by atoms with Crippen LogP contribution >= 0.6 is 0 Å². The summed E-state index contributed by atoms with van der Waals surface area (Å²) in [5.74, 6) is 0. The summed E-state index contributed by atoms with van der Waals surface area (Å²) in [6.07, 6.45) is 7.32. The maximum Gasteiger partial charge on any atom is 0.518 e. The van der Waals surface area contributed by atoms with Crippen LogP contribution in [0.25, 0.3) is 0 Å². The molecule has 0 heterocycles. The van der Waals surface area contributed by atoms with Gasteiger partial charge in [-0.25, -0.2) is 0 Å². The van der Waals surface area contributed by atoms with Crippen molar-refractivity contribution < 1.29 is 13.3 Å². The zero-order valence-electron chi connectivity index (χ0n) is 14.0. The molecule has 0 bridgehead atoms. The quantitative estimate of drug-likeness (QED) is 0.393. The lowest BCUT2D eigenvalue weighted by molar-refractivity contribution is 0.0495. The van der Waals surface area contributed by atoms with Gasteiger partial charge in [-0.1, -0.05) is 47.0 Å². The summed E-state index contributed by atoms with van der Waals surface area (Å²) in [4.78, 5) is 0. The summed E-state index contributed by atoms with van der Waals surface area (Å²) < 4.78 is 18.1. The molecule has 0 aromatic heterocycles. The summed E-state index contributed by atoms with van der Waals surface area (Å²) >= 11 is 0. The Hall–Kier alpha value is 0.0569. The van der Waals surface area contributed by atoms with E-state index in [4.69, 9.17) is 19.0 Å². The second-order valence-electron chi connectivity index (χ2n) is 5.25. The molecular formula is C15H35NO3Si. The molecule has 122 valence electrons. The van der Waals surface area contributed by atoms with E-state index >= 15 is 0 Å². The molecule has 5 heteroatoms. The van der Waals surface area contributed by atoms with E-state index in [2.05, 4.69) is 27.7 Å². The Morgan fingerprint density at radius 3 is 1.55 bits per heavy atom. The topological polar surface area (TPSA) is 53.7 Å². The molecule has 1 atom stereocenters. The lowest BCUT2D eigenvalue weighted by Gasteiger charge is -2.34. The molecule has 0 aliphatic rings. The van der Waals surface area contributed by atoms with E-state index in [0.717, 1.165) is 32.1 Å². The molecular weight excluding hydrogens is 270 g/mol. The maximum atomic E-state index is 6.40. The first-order valence-electron chi connectivity index (χ1n) is 8.34. The zero-order valence-corrected chi connectivity index (χ0v) is 15.0. The summed E-state index contributed by atoms with van der Waals surface area (Å²) in [7, 11) is -2.73. The summed E-state index contributed by atoms with van der Waals surface area (Å²) in [6.45, 7) is 10.5. The second kappa shape index (κ2) is 12.8. The number of rotatable bonds is 14. The van der Waals surface area contributed by atoms with Crippen molar-refractivity contribution in [2.24, 2.45) is 5.73 Å². The average Bonchev–Trinajstić information content (AvgIpc) is 2.47. The number of unbranched alkanes of at least 4 members (excludes halogenated alkanes) is 2. The van der Waals surface area contributed by atoms with Crippen LogP contribution in [0.15, 0.2) is 0 Å². The van der Waals surface area contributed by atoms with Crippen molar-refractivity contribution >= 4 is 8.80 Å². The minimum atomic E-state index is -2.73. The predicted molar refractivity (Wildman–Crippen MR) is 86.6 cm³/mol. The number of nitrogens with two attached hydrogens (primary N) is 1. The standard InChI is InChI=1S/C15H35NO3Si/c1-5-9-10-11-15(16)20(17-12-6-2,18-13-7-3)19-14-8-4/h15H,5-14,16H2,1-4H3. The van der Waals surface area contributed by atoms with Crippen LogP contribution in [0, 0.1) is 0 Å². The highest BCUT2D eigenvalue weighted by Gasteiger charge is 2.47. The highest BCUT2D eigenvalue weighted by atomic mass is 28.4. The lowest BCUT2D eigenvalue weighted by Crippen LogP contribution is -2.60. The van der Waals surface area contributed by atoms with E-state index in [0.29, 0.717) is 19.8 Å². The Morgan fingerprint density at radius 2 is 1.20 bits per heavy atom. The van der Waals surface area contributed by atoms with Gasteiger partial charge in [0, 0.05) is 19.8 Å². The lowest BCUT2D eigenvalue weighted by atomic mass is 10.2. The fourth-order valence-corrected chi connectivity index (χ4v) is 4.89. The fraction of sp³-hybridized carbons (Fsp3) is 1.00. The van der Waals surface area contributed by atoms with Gasteiger partial charge in [0.25, 0.3) is 0 Å². The van der Waals surface area contributed by atoms with Gasteiger partial charge in [0.15, 0.2) is 0 Å². The molecule has 0 aliphatic carbocycles. The molecule has 0 aromatic rings. The van der Waals surface area contributed by atoms with Crippen LogP contribution < -0.4 is 5.73 Å². The molecule has 0 rings (SSSR count). The second-order valence-corrected chi connectivity index (χ2v) is 8.07. The Morgan fingerprint density at radius 1 is 0.750 bits per heavy atom. The van der Waals surface area contributed by atoms with E-state index in [-0.39, 0.29) is 5.67 Å². The van der Waals surface area contributed by atoms with Crippen molar-refractivity contribution in [2.75, 3.05) is 19.8 Å². The zero-order chi connectivity index (χ0) is 15.3. The van der Waals surface area contributed by atoms with Gasteiger partial charge in [-0.2, -0.15) is 0 Å². The van der Waals surface area contributed by atoms with Crippen molar-refractivity contribution in [3.8, 4) is 0 Å². The molecule has 1 unspecified atom stereocenters. The first-order chi connectivity index (χ1) is 9.66. The molecule has 0 aliphatic heterocycles. The third-order valence-electron chi connectivity index (χ3n) is 3.09. The molecule has 20 heavy (non-hydrogen) atoms. The number of hydrogen-bond donors (Lipinski definition) is 1. The average molecular weight is 306 g/mol. The van der Waals surface area contributed by atoms with Crippen molar-refractivity contribution in [1.82, 2.24) is 0 Å². The molecule has 0 saturated carbocycles. The van der Waals surface area contributed by atoms with Gasteiger partial charge in [-0.05, 0) is 25.7 Å². The molecule has 2 N–H and O–H groups in total. The third-order valence-corrected chi connectivity index (χ3v) is 6.11. The molecule has 0 spiro atoms. The Kier molecular flexibility index (Phi) is 12.8. The molecule has 0 aromatic carbocycles. The van der Waals surface area contributed by atoms with Crippen molar-refractivity contribution in [3.63, 3.8) is 0 Å². The molecule has 4 nitrogen and oxygen atoms in total. The minimum Gasteiger partial charge on any atom is -0.373 e. The van der Waals surface area contributed by atoms with Crippen LogP contribution in [-0.4, -0.2) is 34.3 Å². The highest BCUT2D eigenvalue weighted by molar-refractivity contribution is 6.62. The minimum absolute atomic E-state index is 0.0984. The predicted octanol–water partition coefficient (Wildman–Crippen LogP) is 3.65. The Labute approximate surface area is 126 Å². The van der Waals surface area contributed by atoms with Gasteiger partial charge in [0.2, 0.25) is 0 Å². The first-order valence-corrected chi connectivity index (χ1v) is 10.1. The van der Waals surface area contributed by atoms with Crippen molar-refractivity contribution in [1.29, 1.82) is 0 Å². The summed E-state index contributed by atoms with van der Waals surface area (Å²) in [5, 5.41) is 0. The van der Waals surface area contributed by atoms with Gasteiger partial charge in [0.05, 0.1) is 5.67 Å². The molecule has 0 fully saturated rings. The Balaban J connectivity index is 4.71. The van der Waals surface area contributed by atoms with Crippen molar-refractivity contribution in [2.45, 2.75) is 78.3 Å². The number of hydrogen-bond acceptors (Lipinski definition) is 4. The Bertz CT molecular complexity index is 196. The normalized spacial score (nSPS) is 13.7. The summed E-state index contributed by atoms with van der Waals surface area (Å²) in [5.41, 5.74) is 6.30. The van der Waals surface area contributed by atoms with Gasteiger partial charge in [0.1, 0.15) is 0 Å². The van der Waals surface area contributed by atoms with Crippen molar-refractivity contribution in [3.05, 3.63) is 0 Å². The van der Waals surface area contributed by atoms with Crippen LogP contribution in [0.1, 0.15) is 72.6 Å². The van der Waals surface area contributed by atoms with Gasteiger partial charge < -0.3 is 19.0 Å². The third kappa shape index (κ3) is 7.74. The fourth-order valence-electron chi connectivity index (χ4n) is 1.97. The molecule has 0 radical (unpaired) electrons. The maximum absolute atomic E-state index is 6.40. The van der Waals surface area contributed by atoms with Crippen LogP contribution in [0.4, 0.5) is 0 Å². The van der Waals surface area contributed by atoms with Gasteiger partial charge in [-0.3, -0.25) is 0 Å². The smallest absolute Gasteiger partial charge is 0.373 e. The first kappa shape index (κ1) is 20.1. The van der Waals surface area contributed by atoms with E-state index < -0.39 is 8.80 Å². The van der Waals surface area contributed by atoms with E-state index in [1.807, 2.05) is 0 Å². The molecule has 0 amide bonds. The monoisotopic (exact) mass is 305 g/mol. The van der Waals surface area contributed by atoms with Crippen LogP contribution in [-0.2, 0) is 13.3 Å². The van der Waals surface area contributed by atoms with Gasteiger partial charge >= 0.3 is 8.80 Å². The van der Waals surface area contributed by atoms with Crippen LogP contribution in [0.5, 0.6) is 0 Å². The van der Waals surface area contributed by atoms with E-state index in [9.17, 15) is 0 Å². The summed E-state index contributed by atoms with van der Waals surface area (Å²) in [6, 6.07) is 0. The van der Waals surface area contributed by atoms with Crippen LogP contribution in [0.2, 0.25) is 0 Å². The SMILES string of the molecule is CCCCCC(N)[Si](OCCC)(OCCC)OCCC. The highest BCUT2D eigenvalue weighted by Crippen LogP contribution is 2.19. The van der Waals surface area contributed by atoms with E-state index in [1.54, 1.807) is 0 Å². The molecule has 0 saturated heterocycles. The van der Waals surface area contributed by atoms with Crippen LogP contribution in [0.3, 0.4) is 0 Å². The van der Waals surface area contributed by atoms with Gasteiger partial charge in [-0.15, -0.1) is 0 Å². The van der Waals surface area contributed by atoms with E-state index in [1.165, 1.54) is 12.8 Å². The largest absolute Gasteiger partial charge is 0.518 e.